The van der Waals surface area contributed by atoms with Crippen molar-refractivity contribution in [1.29, 1.82) is 0 Å². The summed E-state index contributed by atoms with van der Waals surface area (Å²) in [5.41, 5.74) is 6.84. The number of carbonyl (C=O) groups is 2. The third-order valence-electron chi connectivity index (χ3n) is 3.84. The Kier molecular flexibility index (Phi) is 5.43. The summed E-state index contributed by atoms with van der Waals surface area (Å²) in [4.78, 5) is 30.8. The number of thiophene rings is 1. The highest BCUT2D eigenvalue weighted by Crippen LogP contribution is 2.35. The number of hydrogen-bond acceptors (Lipinski definition) is 6. The molecule has 0 unspecified atom stereocenters. The van der Waals surface area contributed by atoms with Crippen LogP contribution in [0.5, 0.6) is 0 Å². The van der Waals surface area contributed by atoms with Crippen LogP contribution in [0.1, 0.15) is 9.67 Å². The molecule has 5 nitrogen and oxygen atoms in total. The summed E-state index contributed by atoms with van der Waals surface area (Å²) in [7, 11) is 0. The lowest BCUT2D eigenvalue weighted by atomic mass is 10.3. The fraction of sp³-hybridized carbons (Fsp3) is 0.0500. The number of thioether (sulfide) groups is 1. The number of rotatable bonds is 6. The molecule has 0 aliphatic heterocycles. The van der Waals surface area contributed by atoms with Gasteiger partial charge in [0.1, 0.15) is 5.01 Å². The number of fused-ring (bicyclic) bond motifs is 1. The molecule has 2 aromatic carbocycles. The van der Waals surface area contributed by atoms with Crippen molar-refractivity contribution in [3.8, 4) is 9.88 Å². The second-order valence-corrected chi connectivity index (χ2v) is 8.99. The van der Waals surface area contributed by atoms with Gasteiger partial charge < -0.3 is 11.1 Å². The summed E-state index contributed by atoms with van der Waals surface area (Å²) in [5, 5.41) is 3.83. The Bertz CT molecular complexity index is 1130. The molecule has 0 bridgehead atoms. The van der Waals surface area contributed by atoms with Crippen LogP contribution in [0.15, 0.2) is 65.6 Å². The van der Waals surface area contributed by atoms with E-state index in [0.717, 1.165) is 25.0 Å². The van der Waals surface area contributed by atoms with Gasteiger partial charge in [0.25, 0.3) is 5.91 Å². The SMILES string of the molecule is NC(=O)CSc1ccccc1NC(=O)c1ccc(-c2nc3ccccc3s2)s1. The van der Waals surface area contributed by atoms with E-state index in [1.807, 2.05) is 54.6 Å². The van der Waals surface area contributed by atoms with Gasteiger partial charge in [-0.3, -0.25) is 9.59 Å². The second kappa shape index (κ2) is 8.14. The fourth-order valence-electron chi connectivity index (χ4n) is 2.58. The van der Waals surface area contributed by atoms with E-state index in [2.05, 4.69) is 10.3 Å². The average molecular weight is 426 g/mol. The average Bonchev–Trinajstić information content (AvgIpc) is 3.34. The zero-order valence-corrected chi connectivity index (χ0v) is 17.0. The minimum Gasteiger partial charge on any atom is -0.369 e. The Morgan fingerprint density at radius 3 is 2.61 bits per heavy atom. The number of aromatic nitrogens is 1. The van der Waals surface area contributed by atoms with Crippen LogP contribution in [0.4, 0.5) is 5.69 Å². The topological polar surface area (TPSA) is 85.1 Å². The summed E-state index contributed by atoms with van der Waals surface area (Å²) in [5.74, 6) is -0.428. The molecule has 0 aliphatic carbocycles. The third-order valence-corrected chi connectivity index (χ3v) is 7.23. The molecule has 0 atom stereocenters. The van der Waals surface area contributed by atoms with E-state index in [1.54, 1.807) is 17.4 Å². The van der Waals surface area contributed by atoms with E-state index in [-0.39, 0.29) is 11.7 Å². The van der Waals surface area contributed by atoms with Crippen molar-refractivity contribution in [3.05, 3.63) is 65.5 Å². The molecule has 4 rings (SSSR count). The first kappa shape index (κ1) is 18.7. The van der Waals surface area contributed by atoms with Crippen LogP contribution in [0.3, 0.4) is 0 Å². The maximum atomic E-state index is 12.7. The van der Waals surface area contributed by atoms with Gasteiger partial charge in [0, 0.05) is 4.90 Å². The number of benzene rings is 2. The minimum atomic E-state index is -0.398. The van der Waals surface area contributed by atoms with E-state index < -0.39 is 5.91 Å². The summed E-state index contributed by atoms with van der Waals surface area (Å²) in [6, 6.07) is 19.1. The number of primary amides is 1. The lowest BCUT2D eigenvalue weighted by molar-refractivity contribution is -0.115. The van der Waals surface area contributed by atoms with Gasteiger partial charge in [0.2, 0.25) is 5.91 Å². The van der Waals surface area contributed by atoms with E-state index in [4.69, 9.17) is 5.73 Å². The number of nitrogens with one attached hydrogen (secondary N) is 1. The van der Waals surface area contributed by atoms with Crippen molar-refractivity contribution >= 4 is 62.2 Å². The van der Waals surface area contributed by atoms with Gasteiger partial charge in [-0.05, 0) is 36.4 Å². The molecule has 8 heteroatoms. The maximum absolute atomic E-state index is 12.7. The Balaban J connectivity index is 1.53. The summed E-state index contributed by atoms with van der Waals surface area (Å²) in [6.45, 7) is 0. The minimum absolute atomic E-state index is 0.160. The molecular formula is C20H15N3O2S3. The first-order valence-electron chi connectivity index (χ1n) is 8.37. The highest BCUT2D eigenvalue weighted by Gasteiger charge is 2.15. The first-order chi connectivity index (χ1) is 13.6. The van der Waals surface area contributed by atoms with Gasteiger partial charge in [-0.25, -0.2) is 4.98 Å². The lowest BCUT2D eigenvalue weighted by Crippen LogP contribution is -2.14. The molecule has 28 heavy (non-hydrogen) atoms. The Morgan fingerprint density at radius 2 is 1.79 bits per heavy atom. The normalized spacial score (nSPS) is 10.9. The first-order valence-corrected chi connectivity index (χ1v) is 11.0. The van der Waals surface area contributed by atoms with Crippen molar-refractivity contribution in [3.63, 3.8) is 0 Å². The molecule has 0 fully saturated rings. The van der Waals surface area contributed by atoms with E-state index in [1.165, 1.54) is 23.1 Å². The summed E-state index contributed by atoms with van der Waals surface area (Å²) in [6.07, 6.45) is 0. The number of nitrogens with zero attached hydrogens (tertiary/aromatic N) is 1. The van der Waals surface area contributed by atoms with Crippen molar-refractivity contribution < 1.29 is 9.59 Å². The van der Waals surface area contributed by atoms with Gasteiger partial charge >= 0.3 is 0 Å². The zero-order valence-electron chi connectivity index (χ0n) is 14.5. The van der Waals surface area contributed by atoms with Crippen molar-refractivity contribution in [2.45, 2.75) is 4.90 Å². The molecule has 0 saturated heterocycles. The number of amides is 2. The highest BCUT2D eigenvalue weighted by atomic mass is 32.2. The molecule has 0 aliphatic rings. The van der Waals surface area contributed by atoms with E-state index in [9.17, 15) is 9.59 Å². The lowest BCUT2D eigenvalue weighted by Gasteiger charge is -2.09. The molecule has 0 saturated carbocycles. The molecule has 2 aromatic heterocycles. The number of hydrogen-bond donors (Lipinski definition) is 2. The van der Waals surface area contributed by atoms with Gasteiger partial charge in [-0.1, -0.05) is 24.3 Å². The quantitative estimate of drug-likeness (QED) is 0.432. The molecule has 4 aromatic rings. The van der Waals surface area contributed by atoms with Gasteiger partial charge in [0.15, 0.2) is 0 Å². The molecule has 140 valence electrons. The maximum Gasteiger partial charge on any atom is 0.265 e. The van der Waals surface area contributed by atoms with Crippen LogP contribution in [-0.4, -0.2) is 22.6 Å². The smallest absolute Gasteiger partial charge is 0.265 e. The molecule has 2 heterocycles. The standard InChI is InChI=1S/C20H15N3O2S3/c21-18(24)11-26-14-7-3-1-5-12(14)22-19(25)16-9-10-17(27-16)20-23-13-6-2-4-8-15(13)28-20/h1-10H,11H2,(H2,21,24)(H,22,25). The van der Waals surface area contributed by atoms with Crippen molar-refractivity contribution in [1.82, 2.24) is 4.98 Å². The number of anilines is 1. The van der Waals surface area contributed by atoms with Crippen LogP contribution >= 0.6 is 34.4 Å². The predicted molar refractivity (Wildman–Crippen MR) is 117 cm³/mol. The van der Waals surface area contributed by atoms with E-state index >= 15 is 0 Å². The molecule has 0 radical (unpaired) electrons. The molecule has 0 spiro atoms. The van der Waals surface area contributed by atoms with E-state index in [0.29, 0.717) is 10.6 Å². The number of nitrogens with two attached hydrogens (primary N) is 1. The van der Waals surface area contributed by atoms with Gasteiger partial charge in [-0.15, -0.1) is 34.4 Å². The van der Waals surface area contributed by atoms with Crippen LogP contribution in [0.2, 0.25) is 0 Å². The van der Waals surface area contributed by atoms with Crippen LogP contribution in [0, 0.1) is 0 Å². The van der Waals surface area contributed by atoms with Crippen LogP contribution in [0.25, 0.3) is 20.1 Å². The summed E-state index contributed by atoms with van der Waals surface area (Å²) < 4.78 is 1.12. The molecule has 2 amide bonds. The van der Waals surface area contributed by atoms with Crippen LogP contribution in [-0.2, 0) is 4.79 Å². The number of para-hydroxylation sites is 2. The van der Waals surface area contributed by atoms with Gasteiger partial charge in [0.05, 0.1) is 31.4 Å². The fourth-order valence-corrected chi connectivity index (χ4v) is 5.25. The monoisotopic (exact) mass is 425 g/mol. The van der Waals surface area contributed by atoms with Crippen molar-refractivity contribution in [2.75, 3.05) is 11.1 Å². The molecule has 3 N–H and O–H groups in total. The summed E-state index contributed by atoms with van der Waals surface area (Å²) >= 11 is 4.32. The number of thiazole rings is 1. The number of carbonyl (C=O) groups excluding carboxylic acids is 2. The third kappa shape index (κ3) is 4.09. The second-order valence-electron chi connectivity index (χ2n) is 5.86. The highest BCUT2D eigenvalue weighted by molar-refractivity contribution is 8.00. The predicted octanol–water partition coefficient (Wildman–Crippen LogP) is 4.85. The zero-order chi connectivity index (χ0) is 19.5. The molecular weight excluding hydrogens is 410 g/mol. The Labute approximate surface area is 173 Å². The van der Waals surface area contributed by atoms with Crippen LogP contribution < -0.4 is 11.1 Å². The van der Waals surface area contributed by atoms with Gasteiger partial charge in [-0.2, -0.15) is 0 Å². The largest absolute Gasteiger partial charge is 0.369 e. The van der Waals surface area contributed by atoms with Crippen molar-refractivity contribution in [2.24, 2.45) is 5.73 Å². The Morgan fingerprint density at radius 1 is 1.00 bits per heavy atom. The Hall–Kier alpha value is -2.68.